The topological polar surface area (TPSA) is 320 Å². The van der Waals surface area contributed by atoms with Gasteiger partial charge >= 0.3 is 35.9 Å². The van der Waals surface area contributed by atoms with E-state index in [2.05, 4.69) is 138 Å². The summed E-state index contributed by atoms with van der Waals surface area (Å²) in [6, 6.07) is 3.78. The van der Waals surface area contributed by atoms with Crippen molar-refractivity contribution in [1.82, 2.24) is 35.3 Å². The lowest BCUT2D eigenvalue weighted by atomic mass is 9.33. The number of carbonyl (C=O) groups excluding carboxylic acids is 4. The third kappa shape index (κ3) is 11.7. The number of carboxylic acid groups (broad SMARTS) is 2. The van der Waals surface area contributed by atoms with Gasteiger partial charge in [-0.15, -0.1) is 10.2 Å². The molecule has 23 nitrogen and oxygen atoms in total. The van der Waals surface area contributed by atoms with Crippen LogP contribution in [0.4, 0.5) is 12.0 Å². The first-order valence-electron chi connectivity index (χ1n) is 40.1. The number of rotatable bonds is 20. The molecule has 0 bridgehead atoms. The van der Waals surface area contributed by atoms with E-state index in [0.29, 0.717) is 60.4 Å². The number of hydrogen-bond donors (Lipinski definition) is 4. The smallest absolute Gasteiger partial charge is 0.316 e. The first-order chi connectivity index (χ1) is 50.5. The van der Waals surface area contributed by atoms with Gasteiger partial charge in [0.2, 0.25) is 5.82 Å². The van der Waals surface area contributed by atoms with Crippen LogP contribution >= 0.6 is 0 Å². The predicted octanol–water partition coefficient (Wildman–Crippen LogP) is 16.3. The summed E-state index contributed by atoms with van der Waals surface area (Å²) in [5.41, 5.74) is -0.936. The first-order valence-corrected chi connectivity index (χ1v) is 40.1. The number of anilines is 2. The fourth-order valence-electron chi connectivity index (χ4n) is 26.2. The van der Waals surface area contributed by atoms with Gasteiger partial charge in [0.25, 0.3) is 11.8 Å². The number of ketones is 2. The maximum absolute atomic E-state index is 14.7. The lowest BCUT2D eigenvalue weighted by Gasteiger charge is -2.72. The number of methoxy groups -OCH3 is 2. The number of Topliss-reactive ketones (excluding diaryl/α,β-unsaturated/α-hetero) is 2. The zero-order valence-electron chi connectivity index (χ0n) is 67.4. The number of allylic oxidation sites excluding steroid dienone is 2. The zero-order chi connectivity index (χ0) is 78.0. The van der Waals surface area contributed by atoms with Gasteiger partial charge < -0.3 is 48.6 Å². The van der Waals surface area contributed by atoms with Gasteiger partial charge in [0.15, 0.2) is 17.3 Å². The molecule has 0 spiro atoms. The number of hydrogen-bond acceptors (Lipinski definition) is 21. The maximum atomic E-state index is 14.7. The molecule has 0 radical (unpaired) electrons. The fraction of sp³-hybridized carbons (Fsp3) is 0.729. The minimum Gasteiger partial charge on any atom is -0.495 e. The number of carboxylic acids is 2. The van der Waals surface area contributed by atoms with Crippen molar-refractivity contribution in [2.75, 3.05) is 24.9 Å². The molecular weight excluding hydrogens is 1370 g/mol. The highest BCUT2D eigenvalue weighted by molar-refractivity contribution is 6.03. The van der Waals surface area contributed by atoms with Gasteiger partial charge in [-0.2, -0.15) is 0 Å². The summed E-state index contributed by atoms with van der Waals surface area (Å²) in [5.74, 6) is -0.107. The Morgan fingerprint density at radius 2 is 1.01 bits per heavy atom. The number of esters is 2. The molecule has 0 saturated heterocycles. The van der Waals surface area contributed by atoms with Crippen LogP contribution in [0.3, 0.4) is 0 Å². The predicted molar refractivity (Wildman–Crippen MR) is 403 cm³/mol. The molecule has 2 unspecified atom stereocenters. The van der Waals surface area contributed by atoms with Crippen molar-refractivity contribution in [2.45, 2.75) is 276 Å². The number of aromatic nitrogens is 7. The Kier molecular flexibility index (Phi) is 18.8. The summed E-state index contributed by atoms with van der Waals surface area (Å²) in [7, 11) is 3.05. The largest absolute Gasteiger partial charge is 0.495 e. The van der Waals surface area contributed by atoms with Crippen molar-refractivity contribution in [3.8, 4) is 34.8 Å². The molecule has 10 aliphatic carbocycles. The number of aliphatic carboxylic acids is 2. The second-order valence-electron chi connectivity index (χ2n) is 39.2. The molecule has 4 heterocycles. The quantitative estimate of drug-likeness (QED) is 0.0597. The molecular formula is C85H117N9O14. The summed E-state index contributed by atoms with van der Waals surface area (Å²) < 4.78 is 36.7. The molecule has 586 valence electrons. The number of fused-ring (bicyclic) bond motifs is 14. The Balaban J connectivity index is 0.648. The van der Waals surface area contributed by atoms with E-state index in [1.54, 1.807) is 52.4 Å². The van der Waals surface area contributed by atoms with Crippen LogP contribution in [-0.4, -0.2) is 119 Å². The van der Waals surface area contributed by atoms with E-state index in [0.717, 1.165) is 94.6 Å². The van der Waals surface area contributed by atoms with Crippen molar-refractivity contribution < 1.29 is 66.8 Å². The van der Waals surface area contributed by atoms with Crippen molar-refractivity contribution in [3.05, 3.63) is 52.5 Å². The highest BCUT2D eigenvalue weighted by Gasteiger charge is 2.73. The van der Waals surface area contributed by atoms with Crippen LogP contribution in [0, 0.1) is 101 Å². The summed E-state index contributed by atoms with van der Waals surface area (Å²) >= 11 is 0. The van der Waals surface area contributed by atoms with E-state index in [9.17, 15) is 39.0 Å². The molecule has 4 N–H and O–H groups in total. The van der Waals surface area contributed by atoms with Gasteiger partial charge in [-0.1, -0.05) is 107 Å². The Hall–Kier alpha value is -7.59. The Labute approximate surface area is 636 Å². The molecule has 8 saturated carbocycles. The third-order valence-electron chi connectivity index (χ3n) is 32.0. The van der Waals surface area contributed by atoms with Crippen LogP contribution in [0.15, 0.2) is 55.7 Å². The normalized spacial score (nSPS) is 36.4. The van der Waals surface area contributed by atoms with Crippen molar-refractivity contribution in [3.63, 3.8) is 0 Å². The maximum Gasteiger partial charge on any atom is 0.316 e. The van der Waals surface area contributed by atoms with Crippen molar-refractivity contribution in [2.24, 2.45) is 101 Å². The summed E-state index contributed by atoms with van der Waals surface area (Å²) in [5, 5.41) is 46.2. The Morgan fingerprint density at radius 3 is 1.45 bits per heavy atom. The number of nitrogens with zero attached hydrogens (tertiary/aromatic N) is 7. The molecule has 14 rings (SSSR count). The van der Waals surface area contributed by atoms with E-state index < -0.39 is 63.7 Å². The first kappa shape index (κ1) is 77.1. The van der Waals surface area contributed by atoms with Crippen LogP contribution in [0.1, 0.15) is 252 Å². The molecule has 4 aromatic heterocycles. The minimum atomic E-state index is -1.67. The van der Waals surface area contributed by atoms with E-state index >= 15 is 0 Å². The Bertz CT molecular complexity index is 4360. The minimum absolute atomic E-state index is 0.0222. The molecule has 10 aliphatic rings. The van der Waals surface area contributed by atoms with Gasteiger partial charge in [0.05, 0.1) is 67.1 Å². The third-order valence-corrected chi connectivity index (χ3v) is 32.0. The average molecular weight is 1490 g/mol. The zero-order valence-corrected chi connectivity index (χ0v) is 67.4. The Morgan fingerprint density at radius 1 is 0.546 bits per heavy atom. The molecule has 23 heteroatoms. The van der Waals surface area contributed by atoms with Crippen molar-refractivity contribution >= 4 is 47.5 Å². The van der Waals surface area contributed by atoms with Crippen LogP contribution in [0.25, 0.3) is 23.3 Å². The van der Waals surface area contributed by atoms with Crippen LogP contribution in [0.2, 0.25) is 0 Å². The van der Waals surface area contributed by atoms with Gasteiger partial charge in [0, 0.05) is 30.1 Å². The number of carbonyl (C=O) groups is 6. The summed E-state index contributed by atoms with van der Waals surface area (Å²) in [6.07, 6.45) is 16.1. The fourth-order valence-corrected chi connectivity index (χ4v) is 26.2. The molecule has 17 atom stereocenters. The highest BCUT2D eigenvalue weighted by atomic mass is 16.6. The molecule has 0 amide bonds. The average Bonchev–Trinajstić information content (AvgIpc) is 1.29. The summed E-state index contributed by atoms with van der Waals surface area (Å²) in [6.45, 7) is 37.2. The van der Waals surface area contributed by atoms with Gasteiger partial charge in [-0.3, -0.25) is 28.8 Å². The van der Waals surface area contributed by atoms with Crippen LogP contribution in [0.5, 0.6) is 11.5 Å². The second-order valence-corrected chi connectivity index (χ2v) is 39.2. The van der Waals surface area contributed by atoms with E-state index in [1.165, 1.54) is 18.3 Å². The van der Waals surface area contributed by atoms with E-state index in [1.807, 2.05) is 0 Å². The summed E-state index contributed by atoms with van der Waals surface area (Å²) in [4.78, 5) is 96.5. The van der Waals surface area contributed by atoms with Crippen molar-refractivity contribution in [1.29, 1.82) is 0 Å². The molecule has 4 aromatic rings. The van der Waals surface area contributed by atoms with Crippen LogP contribution < -0.4 is 20.1 Å². The molecule has 0 aliphatic heterocycles. The molecule has 8 fully saturated rings. The molecule has 108 heavy (non-hydrogen) atoms. The van der Waals surface area contributed by atoms with E-state index in [-0.39, 0.29) is 140 Å². The molecule has 0 aromatic carbocycles. The van der Waals surface area contributed by atoms with Crippen LogP contribution in [-0.2, 0) is 44.7 Å². The SMILES string of the molecule is COc1cnc(-c2nnc(N[C@@]34CC[C@]5(C)[C@H](CC[C@@H]6[C@@]7(C)CC[C@H](OC(=O)CC(C)(Cc8nc(-c9nnc(N[C@@]%10%11CC[C@]%12(C)[C@H](CC[C@@H]%13[C@@]%14(C)CC[C@H](OC(=O)CC(C)(C)C(=O)O)C(C)(C)[C@@H]%14CC[C@]%13%12C)C%10=C(C(C)C)C(=O)C%11)o9)ccc8OC)C(=O)O)C(C)(C)C7CC[C@]65C)C3=C(C(C)C)C(=O)C4)o2)nc1. The lowest BCUT2D eigenvalue weighted by Crippen LogP contribution is -2.66. The number of nitrogens with one attached hydrogen (secondary N) is 2. The van der Waals surface area contributed by atoms with Gasteiger partial charge in [-0.25, -0.2) is 15.0 Å². The van der Waals surface area contributed by atoms with E-state index in [4.69, 9.17) is 32.8 Å². The standard InChI is InChI=1S/C85H117N9O14/c1-45(2)63-52(95)39-84(36-34-80(14)48(65(63)84)20-24-57-78(12)30-28-59(105-61(97)41-74(5,6)70(99)100)75(7,8)55(78)26-32-82(57,80)16)89-72-93-91-68(107-72)50-22-23-54(104-19)51(88-50)38-77(11,71(101)102)42-62(98)106-60-29-31-79(13)56(76(60,9)10)27-33-83(17)58(79)25-21-49-66-64(46(3)4)53(96)40-85(66,37-35-81(49,83)15)90-73-94-92-69(108-73)67-86-43-47(103-18)44-87-67/h22-23,43-46,48-49,55-60H,20-21,24-42H2,1-19H3,(H,89,93)(H,90,94)(H,99,100)(H,101,102)/t48-,49-,55+,56?,57-,58-,59+,60+,77?,78+,79+,80-,81-,82-,83-,84-,85-/m1/s1. The van der Waals surface area contributed by atoms with Gasteiger partial charge in [-0.05, 0) is 238 Å². The number of pyridine rings is 1. The number of ether oxygens (including phenoxy) is 4. The second kappa shape index (κ2) is 26.3. The monoisotopic (exact) mass is 1490 g/mol. The lowest BCUT2D eigenvalue weighted by molar-refractivity contribution is -0.231. The highest BCUT2D eigenvalue weighted by Crippen LogP contribution is 2.78. The van der Waals surface area contributed by atoms with Gasteiger partial charge in [0.1, 0.15) is 23.7 Å².